The molecule has 11 heteroatoms. The molecule has 0 radical (unpaired) electrons. The number of carbonyl (C=O) groups excluding carboxylic acids is 1. The van der Waals surface area contributed by atoms with E-state index in [0.717, 1.165) is 22.2 Å². The summed E-state index contributed by atoms with van der Waals surface area (Å²) in [4.78, 5) is 44.2. The Bertz CT molecular complexity index is 2170. The van der Waals surface area contributed by atoms with Gasteiger partial charge in [-0.2, -0.15) is 4.98 Å². The predicted octanol–water partition coefficient (Wildman–Crippen LogP) is 4.95. The molecule has 11 nitrogen and oxygen atoms in total. The highest BCUT2D eigenvalue weighted by Gasteiger charge is 2.25. The fourth-order valence-corrected chi connectivity index (χ4v) is 5.47. The molecule has 0 aliphatic carbocycles. The molecule has 3 aromatic heterocycles. The molecular weight excluding hydrogens is 572 g/mol. The highest BCUT2D eigenvalue weighted by Crippen LogP contribution is 2.40. The average Bonchev–Trinajstić information content (AvgIpc) is 3.61. The molecule has 0 fully saturated rings. The van der Waals surface area contributed by atoms with Crippen LogP contribution in [0.3, 0.4) is 0 Å². The monoisotopic (exact) mass is 606 g/mol. The zero-order valence-electron chi connectivity index (χ0n) is 25.8. The summed E-state index contributed by atoms with van der Waals surface area (Å²) in [6, 6.07) is 20.6. The van der Waals surface area contributed by atoms with Crippen molar-refractivity contribution < 1.29 is 14.3 Å². The lowest BCUT2D eigenvalue weighted by molar-refractivity contribution is 0.102. The number of ether oxygens (including phenoxy) is 2. The van der Waals surface area contributed by atoms with E-state index in [4.69, 9.17) is 14.5 Å². The van der Waals surface area contributed by atoms with E-state index >= 15 is 0 Å². The number of amides is 1. The van der Waals surface area contributed by atoms with Gasteiger partial charge in [-0.15, -0.1) is 0 Å². The Morgan fingerprint density at radius 1 is 0.867 bits per heavy atom. The first-order valence-corrected chi connectivity index (χ1v) is 14.9. The quantitative estimate of drug-likeness (QED) is 0.249. The van der Waals surface area contributed by atoms with Crippen molar-refractivity contribution >= 4 is 28.5 Å². The van der Waals surface area contributed by atoms with Gasteiger partial charge in [-0.1, -0.05) is 49.4 Å². The molecule has 1 N–H and O–H groups in total. The van der Waals surface area contributed by atoms with Crippen molar-refractivity contribution in [2.45, 2.75) is 27.2 Å². The summed E-state index contributed by atoms with van der Waals surface area (Å²) in [5.74, 6) is 1.01. The van der Waals surface area contributed by atoms with Crippen LogP contribution in [-0.2, 0) is 20.5 Å². The Morgan fingerprint density at radius 3 is 2.22 bits per heavy atom. The first-order valence-electron chi connectivity index (χ1n) is 14.9. The highest BCUT2D eigenvalue weighted by atomic mass is 16.5. The standard InChI is InChI=1S/C34H34N6O5/c1-6-21-14-16-22(17-15-21)26-20-39-29-30(37(4)34(43)38(5)32(29)42)36-33(39)40(26)25-19-27(44-7-2)24(18-28(25)45-8-3)35-31(41)23-12-10-9-11-13-23/h9-20H,6-8H2,1-5H3,(H,35,41). The Kier molecular flexibility index (Phi) is 7.76. The number of benzene rings is 3. The van der Waals surface area contributed by atoms with E-state index in [1.807, 2.05) is 42.8 Å². The largest absolute Gasteiger partial charge is 0.492 e. The van der Waals surface area contributed by atoms with E-state index in [1.54, 1.807) is 47.8 Å². The Hall–Kier alpha value is -5.58. The Labute approximate surface area is 258 Å². The topological polar surface area (TPSA) is 114 Å². The molecule has 45 heavy (non-hydrogen) atoms. The third kappa shape index (κ3) is 5.05. The van der Waals surface area contributed by atoms with E-state index in [-0.39, 0.29) is 17.1 Å². The first-order chi connectivity index (χ1) is 21.8. The number of aromatic nitrogens is 5. The molecule has 230 valence electrons. The molecule has 0 unspecified atom stereocenters. The number of fused-ring (bicyclic) bond motifs is 3. The van der Waals surface area contributed by atoms with Gasteiger partial charge < -0.3 is 14.8 Å². The number of imidazole rings is 2. The van der Waals surface area contributed by atoms with Gasteiger partial charge in [0.1, 0.15) is 11.5 Å². The molecule has 0 aliphatic rings. The molecule has 3 aromatic carbocycles. The Morgan fingerprint density at radius 2 is 1.56 bits per heavy atom. The molecule has 0 saturated carbocycles. The first kappa shape index (κ1) is 29.5. The lowest BCUT2D eigenvalue weighted by atomic mass is 10.1. The number of hydrogen-bond donors (Lipinski definition) is 1. The van der Waals surface area contributed by atoms with Gasteiger partial charge in [0.05, 0.1) is 30.3 Å². The van der Waals surface area contributed by atoms with Crippen LogP contribution in [0.2, 0.25) is 0 Å². The third-order valence-corrected chi connectivity index (χ3v) is 7.81. The van der Waals surface area contributed by atoms with Crippen molar-refractivity contribution in [3.8, 4) is 28.4 Å². The zero-order chi connectivity index (χ0) is 31.8. The van der Waals surface area contributed by atoms with Crippen LogP contribution in [0.1, 0.15) is 36.7 Å². The fourth-order valence-electron chi connectivity index (χ4n) is 5.47. The van der Waals surface area contributed by atoms with Crippen LogP contribution >= 0.6 is 0 Å². The van der Waals surface area contributed by atoms with Crippen LogP contribution in [0.15, 0.2) is 82.5 Å². The van der Waals surface area contributed by atoms with E-state index < -0.39 is 11.2 Å². The molecule has 0 atom stereocenters. The van der Waals surface area contributed by atoms with Gasteiger partial charge in [0.15, 0.2) is 11.2 Å². The summed E-state index contributed by atoms with van der Waals surface area (Å²) in [6.07, 6.45) is 2.74. The molecule has 0 bridgehead atoms. The average molecular weight is 607 g/mol. The molecule has 0 aliphatic heterocycles. The maximum Gasteiger partial charge on any atom is 0.332 e. The van der Waals surface area contributed by atoms with Crippen LogP contribution < -0.4 is 26.0 Å². The van der Waals surface area contributed by atoms with Crippen LogP contribution in [-0.4, -0.2) is 42.2 Å². The molecule has 0 spiro atoms. The summed E-state index contributed by atoms with van der Waals surface area (Å²) in [5.41, 5.74) is 3.94. The Balaban J connectivity index is 1.65. The smallest absolute Gasteiger partial charge is 0.332 e. The SMILES string of the molecule is CCOc1cc(-n2c(-c3ccc(CC)cc3)cn3c4c(=O)n(C)c(=O)n(C)c4nc23)c(OCC)cc1NC(=O)c1ccccc1. The van der Waals surface area contributed by atoms with Crippen molar-refractivity contribution in [2.24, 2.45) is 14.1 Å². The zero-order valence-corrected chi connectivity index (χ0v) is 25.8. The second-order valence-electron chi connectivity index (χ2n) is 10.6. The number of aryl methyl sites for hydroxylation is 2. The van der Waals surface area contributed by atoms with Crippen LogP contribution in [0.5, 0.6) is 11.5 Å². The summed E-state index contributed by atoms with van der Waals surface area (Å²) >= 11 is 0. The number of rotatable bonds is 9. The van der Waals surface area contributed by atoms with Gasteiger partial charge in [-0.05, 0) is 38.0 Å². The van der Waals surface area contributed by atoms with Crippen LogP contribution in [0.25, 0.3) is 33.9 Å². The lowest BCUT2D eigenvalue weighted by Gasteiger charge is -2.19. The van der Waals surface area contributed by atoms with Gasteiger partial charge in [0, 0.05) is 43.6 Å². The van der Waals surface area contributed by atoms with Crippen molar-refractivity contribution in [1.82, 2.24) is 23.1 Å². The van der Waals surface area contributed by atoms with Crippen LogP contribution in [0, 0.1) is 0 Å². The predicted molar refractivity (Wildman–Crippen MR) is 174 cm³/mol. The third-order valence-electron chi connectivity index (χ3n) is 7.81. The van der Waals surface area contributed by atoms with E-state index in [0.29, 0.717) is 47.4 Å². The van der Waals surface area contributed by atoms with Gasteiger partial charge >= 0.3 is 5.69 Å². The number of hydrogen-bond acceptors (Lipinski definition) is 6. The minimum atomic E-state index is -0.470. The second kappa shape index (κ2) is 11.8. The maximum absolute atomic E-state index is 13.4. The fraction of sp³-hybridized carbons (Fsp3) is 0.235. The van der Waals surface area contributed by atoms with Crippen LogP contribution in [0.4, 0.5) is 5.69 Å². The summed E-state index contributed by atoms with van der Waals surface area (Å²) in [7, 11) is 3.04. The minimum Gasteiger partial charge on any atom is -0.492 e. The molecule has 3 heterocycles. The van der Waals surface area contributed by atoms with Gasteiger partial charge in [-0.3, -0.25) is 27.7 Å². The summed E-state index contributed by atoms with van der Waals surface area (Å²) < 4.78 is 18.3. The molecule has 6 aromatic rings. The van der Waals surface area contributed by atoms with E-state index in [9.17, 15) is 14.4 Å². The van der Waals surface area contributed by atoms with Crippen molar-refractivity contribution in [3.05, 3.63) is 105 Å². The number of nitrogens with zero attached hydrogens (tertiary/aromatic N) is 5. The van der Waals surface area contributed by atoms with Gasteiger partial charge in [0.25, 0.3) is 11.5 Å². The molecule has 6 rings (SSSR count). The summed E-state index contributed by atoms with van der Waals surface area (Å²) in [6.45, 7) is 6.53. The van der Waals surface area contributed by atoms with Crippen molar-refractivity contribution in [3.63, 3.8) is 0 Å². The van der Waals surface area contributed by atoms with Crippen molar-refractivity contribution in [1.29, 1.82) is 0 Å². The van der Waals surface area contributed by atoms with E-state index in [2.05, 4.69) is 24.4 Å². The minimum absolute atomic E-state index is 0.259. The number of carbonyl (C=O) groups is 1. The highest BCUT2D eigenvalue weighted by molar-refractivity contribution is 6.05. The maximum atomic E-state index is 13.4. The van der Waals surface area contributed by atoms with Crippen molar-refractivity contribution in [2.75, 3.05) is 18.5 Å². The number of nitrogens with one attached hydrogen (secondary N) is 1. The van der Waals surface area contributed by atoms with Gasteiger partial charge in [0.2, 0.25) is 5.78 Å². The molecule has 1 amide bonds. The molecule has 0 saturated heterocycles. The van der Waals surface area contributed by atoms with E-state index in [1.165, 1.54) is 17.2 Å². The number of anilines is 1. The lowest BCUT2D eigenvalue weighted by Crippen LogP contribution is -2.37. The molecular formula is C34H34N6O5. The van der Waals surface area contributed by atoms with Gasteiger partial charge in [-0.25, -0.2) is 4.79 Å². The normalized spacial score (nSPS) is 11.3. The second-order valence-corrected chi connectivity index (χ2v) is 10.6. The summed E-state index contributed by atoms with van der Waals surface area (Å²) in [5, 5.41) is 2.97.